The third-order valence-corrected chi connectivity index (χ3v) is 4.43. The summed E-state index contributed by atoms with van der Waals surface area (Å²) in [6.45, 7) is 2.75. The number of hydrogen-bond acceptors (Lipinski definition) is 3. The molecule has 0 bridgehead atoms. The molecule has 0 fully saturated rings. The first kappa shape index (κ1) is 18.3. The summed E-state index contributed by atoms with van der Waals surface area (Å²) in [7, 11) is 0. The maximum Gasteiger partial charge on any atom is 0.343 e. The van der Waals surface area contributed by atoms with E-state index in [1.165, 1.54) is 0 Å². The minimum atomic E-state index is -0.477. The van der Waals surface area contributed by atoms with Crippen LogP contribution in [-0.4, -0.2) is 12.6 Å². The van der Waals surface area contributed by atoms with Gasteiger partial charge in [-0.3, -0.25) is 0 Å². The average Bonchev–Trinajstić information content (AvgIpc) is 2.51. The molecule has 2 aromatic rings. The first-order chi connectivity index (χ1) is 11.0. The summed E-state index contributed by atoms with van der Waals surface area (Å²) in [4.78, 5) is 12.2. The zero-order valence-corrected chi connectivity index (χ0v) is 16.4. The second-order valence-corrected chi connectivity index (χ2v) is 6.99. The van der Waals surface area contributed by atoms with Crippen molar-refractivity contribution < 1.29 is 14.3 Å². The van der Waals surface area contributed by atoms with Crippen molar-refractivity contribution in [3.63, 3.8) is 0 Å². The summed E-state index contributed by atoms with van der Waals surface area (Å²) < 4.78 is 12.5. The minimum absolute atomic E-state index is 0.319. The molecule has 2 rings (SSSR count). The summed E-state index contributed by atoms with van der Waals surface area (Å²) in [5.74, 6) is 0.547. The fourth-order valence-electron chi connectivity index (χ4n) is 1.79. The van der Waals surface area contributed by atoms with Crippen LogP contribution in [0.25, 0.3) is 0 Å². The van der Waals surface area contributed by atoms with Crippen LogP contribution >= 0.6 is 43.5 Å². The largest absolute Gasteiger partial charge is 0.492 e. The quantitative estimate of drug-likeness (QED) is 0.289. The van der Waals surface area contributed by atoms with Crippen LogP contribution in [0.15, 0.2) is 45.3 Å². The van der Waals surface area contributed by atoms with Gasteiger partial charge >= 0.3 is 5.97 Å². The van der Waals surface area contributed by atoms with Crippen LogP contribution in [-0.2, 0) is 0 Å². The lowest BCUT2D eigenvalue weighted by Crippen LogP contribution is -2.09. The molecular formula is C17H15Br2ClO3. The minimum Gasteiger partial charge on any atom is -0.492 e. The Bertz CT molecular complexity index is 704. The zero-order chi connectivity index (χ0) is 16.8. The van der Waals surface area contributed by atoms with E-state index in [0.717, 1.165) is 17.3 Å². The molecule has 2 aromatic carbocycles. The van der Waals surface area contributed by atoms with E-state index in [-0.39, 0.29) is 0 Å². The van der Waals surface area contributed by atoms with E-state index in [0.29, 0.717) is 33.2 Å². The second-order valence-electron chi connectivity index (χ2n) is 4.81. The van der Waals surface area contributed by atoms with Gasteiger partial charge in [0.05, 0.1) is 21.7 Å². The van der Waals surface area contributed by atoms with Crippen LogP contribution in [0.1, 0.15) is 30.1 Å². The zero-order valence-electron chi connectivity index (χ0n) is 12.4. The Morgan fingerprint density at radius 3 is 2.52 bits per heavy atom. The molecule has 0 radical (unpaired) electrons. The van der Waals surface area contributed by atoms with Crippen LogP contribution < -0.4 is 9.47 Å². The number of carbonyl (C=O) groups is 1. The number of benzene rings is 2. The molecule has 0 saturated carbocycles. The molecule has 0 aliphatic rings. The third kappa shape index (κ3) is 5.23. The first-order valence-corrected chi connectivity index (χ1v) is 9.07. The summed E-state index contributed by atoms with van der Waals surface area (Å²) in [6.07, 6.45) is 2.05. The third-order valence-electron chi connectivity index (χ3n) is 3.02. The highest BCUT2D eigenvalue weighted by Gasteiger charge is 2.13. The molecule has 6 heteroatoms. The van der Waals surface area contributed by atoms with E-state index < -0.39 is 5.97 Å². The SMILES string of the molecule is CCCCOc1ccc(C(=O)Oc2ccc(Br)cc2Cl)cc1Br. The fourth-order valence-corrected chi connectivity index (χ4v) is 2.99. The molecule has 0 saturated heterocycles. The van der Waals surface area contributed by atoms with Crippen molar-refractivity contribution in [1.82, 2.24) is 0 Å². The number of carbonyl (C=O) groups excluding carboxylic acids is 1. The number of halogens is 3. The van der Waals surface area contributed by atoms with Crippen LogP contribution in [0.2, 0.25) is 5.02 Å². The molecule has 0 spiro atoms. The maximum atomic E-state index is 12.2. The molecule has 122 valence electrons. The van der Waals surface area contributed by atoms with Gasteiger partial charge in [-0.25, -0.2) is 4.79 Å². The molecule has 0 heterocycles. The number of rotatable bonds is 6. The molecule has 0 amide bonds. The van der Waals surface area contributed by atoms with E-state index >= 15 is 0 Å². The van der Waals surface area contributed by atoms with Gasteiger partial charge in [-0.05, 0) is 58.7 Å². The Labute approximate surface area is 157 Å². The Morgan fingerprint density at radius 2 is 1.87 bits per heavy atom. The Morgan fingerprint density at radius 1 is 1.13 bits per heavy atom. The lowest BCUT2D eigenvalue weighted by Gasteiger charge is -2.10. The number of esters is 1. The van der Waals surface area contributed by atoms with Gasteiger partial charge in [0.15, 0.2) is 0 Å². The highest BCUT2D eigenvalue weighted by molar-refractivity contribution is 9.10. The molecular weight excluding hydrogens is 447 g/mol. The Kier molecular flexibility index (Phi) is 6.93. The molecule has 0 unspecified atom stereocenters. The lowest BCUT2D eigenvalue weighted by atomic mass is 10.2. The van der Waals surface area contributed by atoms with Crippen LogP contribution in [0, 0.1) is 0 Å². The van der Waals surface area contributed by atoms with Gasteiger partial charge < -0.3 is 9.47 Å². The summed E-state index contributed by atoms with van der Waals surface area (Å²) in [5.41, 5.74) is 0.415. The van der Waals surface area contributed by atoms with E-state index in [1.54, 1.807) is 36.4 Å². The van der Waals surface area contributed by atoms with Crippen molar-refractivity contribution in [3.05, 3.63) is 55.9 Å². The number of unbranched alkanes of at least 4 members (excludes halogenated alkanes) is 1. The normalized spacial score (nSPS) is 10.4. The van der Waals surface area contributed by atoms with Gasteiger partial charge in [0, 0.05) is 4.47 Å². The molecule has 23 heavy (non-hydrogen) atoms. The van der Waals surface area contributed by atoms with Gasteiger partial charge in [0.1, 0.15) is 11.5 Å². The number of hydrogen-bond donors (Lipinski definition) is 0. The maximum absolute atomic E-state index is 12.2. The Balaban J connectivity index is 2.09. The van der Waals surface area contributed by atoms with Gasteiger partial charge in [0.25, 0.3) is 0 Å². The molecule has 0 atom stereocenters. The van der Waals surface area contributed by atoms with Gasteiger partial charge in [-0.2, -0.15) is 0 Å². The van der Waals surface area contributed by atoms with Crippen molar-refractivity contribution in [2.75, 3.05) is 6.61 Å². The number of ether oxygens (including phenoxy) is 2. The monoisotopic (exact) mass is 460 g/mol. The smallest absolute Gasteiger partial charge is 0.343 e. The van der Waals surface area contributed by atoms with Gasteiger partial charge in [-0.15, -0.1) is 0 Å². The van der Waals surface area contributed by atoms with Crippen molar-refractivity contribution in [2.45, 2.75) is 19.8 Å². The van der Waals surface area contributed by atoms with E-state index in [9.17, 15) is 4.79 Å². The standard InChI is InChI=1S/C17H15Br2ClO3/c1-2-3-8-22-15-6-4-11(9-13(15)19)17(21)23-16-7-5-12(18)10-14(16)20/h4-7,9-10H,2-3,8H2,1H3. The van der Waals surface area contributed by atoms with Crippen molar-refractivity contribution in [3.8, 4) is 11.5 Å². The second kappa shape index (κ2) is 8.71. The predicted octanol–water partition coefficient (Wildman–Crippen LogP) is 6.26. The molecule has 0 aromatic heterocycles. The summed E-state index contributed by atoms with van der Waals surface area (Å²) >= 11 is 12.8. The van der Waals surface area contributed by atoms with E-state index in [4.69, 9.17) is 21.1 Å². The van der Waals surface area contributed by atoms with E-state index in [2.05, 4.69) is 38.8 Å². The molecule has 0 aliphatic carbocycles. The molecule has 3 nitrogen and oxygen atoms in total. The van der Waals surface area contributed by atoms with Crippen LogP contribution in [0.4, 0.5) is 0 Å². The van der Waals surface area contributed by atoms with Crippen LogP contribution in [0.3, 0.4) is 0 Å². The highest BCUT2D eigenvalue weighted by Crippen LogP contribution is 2.30. The highest BCUT2D eigenvalue weighted by atomic mass is 79.9. The predicted molar refractivity (Wildman–Crippen MR) is 98.7 cm³/mol. The van der Waals surface area contributed by atoms with E-state index in [1.807, 2.05) is 0 Å². The summed E-state index contributed by atoms with van der Waals surface area (Å²) in [6, 6.07) is 10.2. The van der Waals surface area contributed by atoms with Gasteiger partial charge in [-0.1, -0.05) is 40.9 Å². The van der Waals surface area contributed by atoms with Gasteiger partial charge in [0.2, 0.25) is 0 Å². The fraction of sp³-hybridized carbons (Fsp3) is 0.235. The van der Waals surface area contributed by atoms with Crippen molar-refractivity contribution in [1.29, 1.82) is 0 Å². The molecule has 0 N–H and O–H groups in total. The van der Waals surface area contributed by atoms with Crippen LogP contribution in [0.5, 0.6) is 11.5 Å². The molecule has 0 aliphatic heterocycles. The first-order valence-electron chi connectivity index (χ1n) is 7.11. The van der Waals surface area contributed by atoms with Crippen molar-refractivity contribution >= 4 is 49.4 Å². The topological polar surface area (TPSA) is 35.5 Å². The summed E-state index contributed by atoms with van der Waals surface area (Å²) in [5, 5.41) is 0.367. The average molecular weight is 463 g/mol. The van der Waals surface area contributed by atoms with Crippen molar-refractivity contribution in [2.24, 2.45) is 0 Å². The lowest BCUT2D eigenvalue weighted by molar-refractivity contribution is 0.0734. The Hall–Kier alpha value is -1.04.